The van der Waals surface area contributed by atoms with Crippen molar-refractivity contribution in [1.82, 2.24) is 19.2 Å². The summed E-state index contributed by atoms with van der Waals surface area (Å²) in [4.78, 5) is 24.4. The Bertz CT molecular complexity index is 1020. The third-order valence-electron chi connectivity index (χ3n) is 3.92. The molecule has 1 unspecified atom stereocenters. The molecule has 1 aliphatic rings. The van der Waals surface area contributed by atoms with E-state index in [-0.39, 0.29) is 16.8 Å². The number of allylic oxidation sites excluding steroid dienone is 1. The van der Waals surface area contributed by atoms with Crippen LogP contribution < -0.4 is 5.56 Å². The first-order valence-corrected chi connectivity index (χ1v) is 8.39. The fourth-order valence-electron chi connectivity index (χ4n) is 2.82. The smallest absolute Gasteiger partial charge is 0.319 e. The normalized spacial score (nSPS) is 17.5. The Kier molecular flexibility index (Phi) is 3.61. The summed E-state index contributed by atoms with van der Waals surface area (Å²) < 4.78 is 8.35. The van der Waals surface area contributed by atoms with Gasteiger partial charge in [0.15, 0.2) is 5.16 Å². The van der Waals surface area contributed by atoms with Crippen molar-refractivity contribution in [1.29, 1.82) is 0 Å². The second-order valence-corrected chi connectivity index (χ2v) is 6.57. The van der Waals surface area contributed by atoms with Gasteiger partial charge in [0, 0.05) is 13.0 Å². The molecule has 0 amide bonds. The summed E-state index contributed by atoms with van der Waals surface area (Å²) in [5.41, 5.74) is 0.582. The monoisotopic (exact) mass is 342 g/mol. The first-order chi connectivity index (χ1) is 11.7. The Morgan fingerprint density at radius 2 is 2.17 bits per heavy atom. The Morgan fingerprint density at radius 1 is 1.33 bits per heavy atom. The average molecular weight is 342 g/mol. The largest absolute Gasteiger partial charge is 0.465 e. The predicted octanol–water partition coefficient (Wildman–Crippen LogP) is 1.64. The number of aromatic nitrogens is 4. The molecule has 122 valence electrons. The summed E-state index contributed by atoms with van der Waals surface area (Å²) in [7, 11) is 0. The van der Waals surface area contributed by atoms with E-state index in [1.54, 1.807) is 12.1 Å². The van der Waals surface area contributed by atoms with Gasteiger partial charge in [-0.3, -0.25) is 18.6 Å². The van der Waals surface area contributed by atoms with Crippen LogP contribution in [0.5, 0.6) is 0 Å². The summed E-state index contributed by atoms with van der Waals surface area (Å²) in [6.45, 7) is 4.46. The lowest BCUT2D eigenvalue weighted by atomic mass is 10.2. The molecule has 4 rings (SSSR count). The third-order valence-corrected chi connectivity index (χ3v) is 5.11. The number of hydrogen-bond acceptors (Lipinski definition) is 6. The number of cyclic esters (lactones) is 1. The van der Waals surface area contributed by atoms with E-state index in [9.17, 15) is 9.59 Å². The van der Waals surface area contributed by atoms with Crippen molar-refractivity contribution >= 4 is 34.4 Å². The van der Waals surface area contributed by atoms with E-state index in [0.717, 1.165) is 5.52 Å². The van der Waals surface area contributed by atoms with Gasteiger partial charge in [0.2, 0.25) is 5.78 Å². The number of fused-ring (bicyclic) bond motifs is 3. The molecule has 2 aromatic heterocycles. The van der Waals surface area contributed by atoms with Gasteiger partial charge in [-0.05, 0) is 12.1 Å². The molecule has 0 N–H and O–H groups in total. The molecule has 1 aromatic carbocycles. The van der Waals surface area contributed by atoms with Crippen LogP contribution in [-0.2, 0) is 16.1 Å². The summed E-state index contributed by atoms with van der Waals surface area (Å²) in [6.07, 6.45) is 2.29. The maximum atomic E-state index is 12.7. The molecule has 3 heterocycles. The first kappa shape index (κ1) is 14.9. The fraction of sp³-hybridized carbons (Fsp3) is 0.250. The molecule has 7 nitrogen and oxygen atoms in total. The van der Waals surface area contributed by atoms with Crippen LogP contribution in [0.2, 0.25) is 0 Å². The summed E-state index contributed by atoms with van der Waals surface area (Å²) in [5.74, 6) is 0.202. The van der Waals surface area contributed by atoms with Crippen molar-refractivity contribution < 1.29 is 9.53 Å². The zero-order chi connectivity index (χ0) is 16.7. The van der Waals surface area contributed by atoms with Gasteiger partial charge in [0.25, 0.3) is 5.56 Å². The lowest BCUT2D eigenvalue weighted by molar-refractivity contribution is -0.137. The maximum Gasteiger partial charge on any atom is 0.319 e. The van der Waals surface area contributed by atoms with Gasteiger partial charge in [-0.15, -0.1) is 16.8 Å². The van der Waals surface area contributed by atoms with E-state index < -0.39 is 0 Å². The highest BCUT2D eigenvalue weighted by Gasteiger charge is 2.30. The van der Waals surface area contributed by atoms with Crippen molar-refractivity contribution in [2.45, 2.75) is 23.4 Å². The zero-order valence-corrected chi connectivity index (χ0v) is 13.5. The van der Waals surface area contributed by atoms with Crippen molar-refractivity contribution in [2.75, 3.05) is 6.61 Å². The first-order valence-electron chi connectivity index (χ1n) is 7.51. The summed E-state index contributed by atoms with van der Waals surface area (Å²) in [6, 6.07) is 7.30. The van der Waals surface area contributed by atoms with Crippen LogP contribution in [0, 0.1) is 0 Å². The van der Waals surface area contributed by atoms with Crippen LogP contribution in [0.1, 0.15) is 6.42 Å². The van der Waals surface area contributed by atoms with Crippen LogP contribution >= 0.6 is 11.8 Å². The minimum Gasteiger partial charge on any atom is -0.465 e. The predicted molar refractivity (Wildman–Crippen MR) is 90.2 cm³/mol. The Labute approximate surface area is 140 Å². The fourth-order valence-corrected chi connectivity index (χ4v) is 3.82. The number of carbonyl (C=O) groups excluding carboxylic acids is 1. The molecular formula is C16H14N4O3S. The van der Waals surface area contributed by atoms with E-state index >= 15 is 0 Å². The van der Waals surface area contributed by atoms with Crippen LogP contribution in [0.3, 0.4) is 0 Å². The van der Waals surface area contributed by atoms with E-state index in [1.807, 2.05) is 22.6 Å². The number of nitrogens with zero attached hydrogens (tertiary/aromatic N) is 4. The number of rotatable bonds is 4. The third kappa shape index (κ3) is 2.22. The molecule has 1 fully saturated rings. The van der Waals surface area contributed by atoms with Gasteiger partial charge >= 0.3 is 5.97 Å². The number of esters is 1. The SMILES string of the molecule is C=CCn1c(=O)c2ccccc2n2c(SC3CCOC3=O)nnc12. The molecule has 0 bridgehead atoms. The second kappa shape index (κ2) is 5.79. The van der Waals surface area contributed by atoms with Crippen molar-refractivity contribution in [2.24, 2.45) is 0 Å². The van der Waals surface area contributed by atoms with Crippen molar-refractivity contribution in [3.05, 3.63) is 47.3 Å². The molecule has 0 spiro atoms. The summed E-state index contributed by atoms with van der Waals surface area (Å²) >= 11 is 1.32. The molecule has 1 saturated heterocycles. The second-order valence-electron chi connectivity index (χ2n) is 5.40. The van der Waals surface area contributed by atoms with E-state index in [1.165, 1.54) is 16.3 Å². The van der Waals surface area contributed by atoms with Gasteiger partial charge in [-0.1, -0.05) is 30.0 Å². The number of benzene rings is 1. The topological polar surface area (TPSA) is 78.5 Å². The number of ether oxygens (including phenoxy) is 1. The molecule has 24 heavy (non-hydrogen) atoms. The van der Waals surface area contributed by atoms with Crippen molar-refractivity contribution in [3.8, 4) is 0 Å². The lowest BCUT2D eigenvalue weighted by Gasteiger charge is -2.10. The van der Waals surface area contributed by atoms with Gasteiger partial charge in [-0.2, -0.15) is 0 Å². The summed E-state index contributed by atoms with van der Waals surface area (Å²) in [5, 5.41) is 9.22. The Hall–Kier alpha value is -2.61. The number of carbonyl (C=O) groups is 1. The van der Waals surface area contributed by atoms with E-state index in [2.05, 4.69) is 16.8 Å². The zero-order valence-electron chi connectivity index (χ0n) is 12.7. The van der Waals surface area contributed by atoms with Crippen molar-refractivity contribution in [3.63, 3.8) is 0 Å². The maximum absolute atomic E-state index is 12.7. The molecule has 0 aliphatic carbocycles. The quantitative estimate of drug-likeness (QED) is 0.530. The molecular weight excluding hydrogens is 328 g/mol. The van der Waals surface area contributed by atoms with Crippen LogP contribution in [0.15, 0.2) is 46.9 Å². The standard InChI is InChI=1S/C16H14N4O3S/c1-2-8-19-13(21)10-5-3-4-6-11(10)20-15(19)17-18-16(20)24-12-7-9-23-14(12)22/h2-6,12H,1,7-9H2. The Morgan fingerprint density at radius 3 is 2.92 bits per heavy atom. The minimum atomic E-state index is -0.295. The molecule has 1 aliphatic heterocycles. The molecule has 3 aromatic rings. The van der Waals surface area contributed by atoms with Gasteiger partial charge < -0.3 is 4.74 Å². The van der Waals surface area contributed by atoms with Gasteiger partial charge in [-0.25, -0.2) is 0 Å². The van der Waals surface area contributed by atoms with E-state index in [0.29, 0.717) is 35.9 Å². The highest BCUT2D eigenvalue weighted by molar-refractivity contribution is 8.00. The van der Waals surface area contributed by atoms with Crippen LogP contribution in [0.4, 0.5) is 0 Å². The Balaban J connectivity index is 1.98. The molecule has 0 saturated carbocycles. The lowest BCUT2D eigenvalue weighted by Crippen LogP contribution is -2.23. The highest BCUT2D eigenvalue weighted by atomic mass is 32.2. The number of para-hydroxylation sites is 1. The average Bonchev–Trinajstić information content (AvgIpc) is 3.19. The number of thioether (sulfide) groups is 1. The number of hydrogen-bond donors (Lipinski definition) is 0. The van der Waals surface area contributed by atoms with Crippen LogP contribution in [0.25, 0.3) is 16.7 Å². The van der Waals surface area contributed by atoms with E-state index in [4.69, 9.17) is 4.74 Å². The molecule has 8 heteroatoms. The highest BCUT2D eigenvalue weighted by Crippen LogP contribution is 2.29. The minimum absolute atomic E-state index is 0.137. The van der Waals surface area contributed by atoms with Crippen LogP contribution in [-0.4, -0.2) is 37.0 Å². The van der Waals surface area contributed by atoms with Gasteiger partial charge in [0.1, 0.15) is 5.25 Å². The van der Waals surface area contributed by atoms with Gasteiger partial charge in [0.05, 0.1) is 17.5 Å². The molecule has 1 atom stereocenters. The molecule has 0 radical (unpaired) electrons.